The predicted octanol–water partition coefficient (Wildman–Crippen LogP) is 6.24. The SMILES string of the molecule is CC12C(=O)N(c3ccccc3)C(=O)C1CC1C(=CCC3C(=O)N(c4cc(C(F)(F)F)cc(C(F)(F)F)c4)C(=O)C31)C2c1ccc(CO)o1. The monoisotopic (exact) mass is 672 g/mol. The first-order valence-corrected chi connectivity index (χ1v) is 15.1. The number of halogens is 6. The van der Waals surface area contributed by atoms with E-state index in [0.717, 1.165) is 4.90 Å². The van der Waals surface area contributed by atoms with Crippen molar-refractivity contribution in [3.8, 4) is 0 Å². The molecule has 14 heteroatoms. The molecule has 6 atom stereocenters. The fraction of sp³-hybridized carbons (Fsp3) is 0.353. The molecule has 3 heterocycles. The van der Waals surface area contributed by atoms with Crippen molar-refractivity contribution in [2.75, 3.05) is 9.80 Å². The second kappa shape index (κ2) is 10.6. The standard InChI is InChI=1S/C34H26F6N2O6/c1-32-24(29(45)42(31(32)47)18-5-3-2-4-6-18)14-23-21(27(32)25-10-7-20(15-43)48-25)8-9-22-26(23)30(46)41(28(22)44)19-12-16(33(35,36)37)11-17(13-19)34(38,39)40/h2-8,10-13,22-24,26-27,43H,9,14-15H2,1H3. The van der Waals surface area contributed by atoms with Crippen LogP contribution in [0.15, 0.2) is 76.7 Å². The number of benzene rings is 2. The van der Waals surface area contributed by atoms with Crippen molar-refractivity contribution in [2.24, 2.45) is 29.1 Å². The van der Waals surface area contributed by atoms with E-state index in [1.807, 2.05) is 0 Å². The lowest BCUT2D eigenvalue weighted by Gasteiger charge is -2.48. The van der Waals surface area contributed by atoms with E-state index < -0.39 is 94.4 Å². The van der Waals surface area contributed by atoms with E-state index in [1.165, 1.54) is 6.07 Å². The molecule has 4 aliphatic rings. The number of alkyl halides is 6. The summed E-state index contributed by atoms with van der Waals surface area (Å²) < 4.78 is 88.1. The van der Waals surface area contributed by atoms with Crippen LogP contribution in [0.4, 0.5) is 37.7 Å². The van der Waals surface area contributed by atoms with Gasteiger partial charge in [0.05, 0.1) is 51.6 Å². The molecule has 2 aliphatic carbocycles. The van der Waals surface area contributed by atoms with Gasteiger partial charge < -0.3 is 9.52 Å². The highest BCUT2D eigenvalue weighted by Gasteiger charge is 2.68. The van der Waals surface area contributed by atoms with Gasteiger partial charge in [-0.1, -0.05) is 29.8 Å². The van der Waals surface area contributed by atoms with Crippen molar-refractivity contribution >= 4 is 35.0 Å². The lowest BCUT2D eigenvalue weighted by Crippen LogP contribution is -2.48. The number of hydrogen-bond acceptors (Lipinski definition) is 6. The normalized spacial score (nSPS) is 28.8. The summed E-state index contributed by atoms with van der Waals surface area (Å²) in [4.78, 5) is 57.7. The fourth-order valence-corrected chi connectivity index (χ4v) is 8.10. The van der Waals surface area contributed by atoms with Crippen LogP contribution in [0.2, 0.25) is 0 Å². The van der Waals surface area contributed by atoms with Crippen LogP contribution < -0.4 is 9.80 Å². The van der Waals surface area contributed by atoms with Crippen molar-refractivity contribution in [1.29, 1.82) is 0 Å². The van der Waals surface area contributed by atoms with Crippen LogP contribution in [0.1, 0.15) is 48.3 Å². The van der Waals surface area contributed by atoms with Crippen molar-refractivity contribution in [3.05, 3.63) is 95.0 Å². The highest BCUT2D eigenvalue weighted by atomic mass is 19.4. The summed E-state index contributed by atoms with van der Waals surface area (Å²) in [6.07, 6.45) is -8.95. The van der Waals surface area contributed by atoms with Crippen LogP contribution in [0, 0.1) is 29.1 Å². The zero-order valence-corrected chi connectivity index (χ0v) is 25.0. The Morgan fingerprint density at radius 3 is 2.04 bits per heavy atom. The number of aliphatic hydroxyl groups is 1. The molecule has 250 valence electrons. The second-order valence-corrected chi connectivity index (χ2v) is 12.7. The lowest BCUT2D eigenvalue weighted by molar-refractivity contribution is -0.143. The lowest BCUT2D eigenvalue weighted by atomic mass is 9.52. The largest absolute Gasteiger partial charge is 0.463 e. The van der Waals surface area contributed by atoms with Crippen molar-refractivity contribution in [3.63, 3.8) is 0 Å². The average Bonchev–Trinajstić information content (AvgIpc) is 3.66. The van der Waals surface area contributed by atoms with E-state index in [-0.39, 0.29) is 30.4 Å². The van der Waals surface area contributed by atoms with Gasteiger partial charge in [-0.25, -0.2) is 9.80 Å². The molecule has 0 radical (unpaired) electrons. The molecule has 6 unspecified atom stereocenters. The Balaban J connectivity index is 1.34. The number of nitrogens with zero attached hydrogens (tertiary/aromatic N) is 2. The molecule has 2 aliphatic heterocycles. The third kappa shape index (κ3) is 4.55. The number of rotatable bonds is 4. The third-order valence-electron chi connectivity index (χ3n) is 10.2. The first-order chi connectivity index (χ1) is 22.6. The number of carbonyl (C=O) groups is 4. The number of anilines is 2. The van der Waals surface area contributed by atoms with Crippen LogP contribution in [0.25, 0.3) is 0 Å². The summed E-state index contributed by atoms with van der Waals surface area (Å²) in [7, 11) is 0. The number of furan rings is 1. The Hall–Kier alpha value is -4.72. The molecule has 48 heavy (non-hydrogen) atoms. The van der Waals surface area contributed by atoms with Gasteiger partial charge >= 0.3 is 12.4 Å². The Labute approximate surface area is 268 Å². The molecular weight excluding hydrogens is 646 g/mol. The minimum absolute atomic E-state index is 0.0843. The van der Waals surface area contributed by atoms with Gasteiger partial charge in [0.15, 0.2) is 0 Å². The summed E-state index contributed by atoms with van der Waals surface area (Å²) in [5.74, 6) is -7.92. The summed E-state index contributed by atoms with van der Waals surface area (Å²) in [5, 5.41) is 9.72. The molecule has 1 N–H and O–H groups in total. The van der Waals surface area contributed by atoms with Gasteiger partial charge in [-0.15, -0.1) is 0 Å². The Morgan fingerprint density at radius 2 is 1.46 bits per heavy atom. The number of fused-ring (bicyclic) bond motifs is 4. The molecule has 4 amide bonds. The van der Waals surface area contributed by atoms with E-state index in [1.54, 1.807) is 49.4 Å². The topological polar surface area (TPSA) is 108 Å². The van der Waals surface area contributed by atoms with E-state index in [9.17, 15) is 50.6 Å². The second-order valence-electron chi connectivity index (χ2n) is 12.7. The minimum Gasteiger partial charge on any atom is -0.463 e. The molecule has 1 saturated carbocycles. The maximum absolute atomic E-state index is 14.3. The number of allylic oxidation sites excluding steroid dienone is 2. The zero-order chi connectivity index (χ0) is 34.5. The molecule has 2 aromatic carbocycles. The van der Waals surface area contributed by atoms with Gasteiger partial charge in [0.25, 0.3) is 0 Å². The van der Waals surface area contributed by atoms with Crippen molar-refractivity contribution in [1.82, 2.24) is 0 Å². The van der Waals surface area contributed by atoms with Gasteiger partial charge in [-0.05, 0) is 68.1 Å². The summed E-state index contributed by atoms with van der Waals surface area (Å²) in [5.41, 5.74) is -4.85. The first-order valence-electron chi connectivity index (χ1n) is 15.1. The highest BCUT2D eigenvalue weighted by molar-refractivity contribution is 6.25. The van der Waals surface area contributed by atoms with Crippen LogP contribution in [0.3, 0.4) is 0 Å². The smallest absolute Gasteiger partial charge is 0.416 e. The molecule has 2 saturated heterocycles. The van der Waals surface area contributed by atoms with Crippen LogP contribution in [-0.4, -0.2) is 28.7 Å². The number of hydrogen-bond donors (Lipinski definition) is 1. The Kier molecular flexibility index (Phi) is 7.06. The summed E-state index contributed by atoms with van der Waals surface area (Å²) in [6.45, 7) is 1.15. The van der Waals surface area contributed by atoms with Crippen molar-refractivity contribution in [2.45, 2.75) is 44.6 Å². The van der Waals surface area contributed by atoms with Gasteiger partial charge in [-0.3, -0.25) is 19.2 Å². The molecular formula is C34H26F6N2O6. The van der Waals surface area contributed by atoms with Gasteiger partial charge in [0, 0.05) is 0 Å². The van der Waals surface area contributed by atoms with E-state index in [4.69, 9.17) is 4.42 Å². The zero-order valence-electron chi connectivity index (χ0n) is 25.0. The van der Waals surface area contributed by atoms with Gasteiger partial charge in [0.1, 0.15) is 18.1 Å². The van der Waals surface area contributed by atoms with Crippen molar-refractivity contribution < 1.29 is 55.0 Å². The molecule has 3 fully saturated rings. The third-order valence-corrected chi connectivity index (χ3v) is 10.2. The Morgan fingerprint density at radius 1 is 0.812 bits per heavy atom. The van der Waals surface area contributed by atoms with Crippen LogP contribution >= 0.6 is 0 Å². The number of para-hydroxylation sites is 1. The molecule has 3 aromatic rings. The minimum atomic E-state index is -5.21. The van der Waals surface area contributed by atoms with Crippen LogP contribution in [-0.2, 0) is 38.1 Å². The average molecular weight is 673 g/mol. The maximum atomic E-state index is 14.3. The number of amides is 4. The van der Waals surface area contributed by atoms with E-state index in [2.05, 4.69) is 0 Å². The maximum Gasteiger partial charge on any atom is 0.416 e. The molecule has 0 spiro atoms. The molecule has 1 aromatic heterocycles. The number of carbonyl (C=O) groups excluding carboxylic acids is 4. The first kappa shape index (κ1) is 31.9. The van der Waals surface area contributed by atoms with Gasteiger partial charge in [-0.2, -0.15) is 26.3 Å². The summed E-state index contributed by atoms with van der Waals surface area (Å²) in [6, 6.07) is 11.8. The molecule has 7 rings (SSSR count). The van der Waals surface area contributed by atoms with Gasteiger partial charge in [0.2, 0.25) is 23.6 Å². The summed E-state index contributed by atoms with van der Waals surface area (Å²) >= 11 is 0. The Bertz CT molecular complexity index is 1870. The molecule has 8 nitrogen and oxygen atoms in total. The van der Waals surface area contributed by atoms with E-state index in [0.29, 0.717) is 28.3 Å². The quantitative estimate of drug-likeness (QED) is 0.200. The predicted molar refractivity (Wildman–Crippen MR) is 155 cm³/mol. The number of imide groups is 2. The number of aliphatic hydroxyl groups excluding tert-OH is 1. The molecule has 0 bridgehead atoms. The highest BCUT2D eigenvalue weighted by Crippen LogP contribution is 2.64. The fourth-order valence-electron chi connectivity index (χ4n) is 8.10. The van der Waals surface area contributed by atoms with E-state index >= 15 is 0 Å². The van der Waals surface area contributed by atoms with Crippen LogP contribution in [0.5, 0.6) is 0 Å².